The van der Waals surface area contributed by atoms with Gasteiger partial charge in [-0.05, 0) is 30.3 Å². The molecular weight excluding hydrogens is 234 g/mol. The van der Waals surface area contributed by atoms with Crippen LogP contribution in [0.2, 0.25) is 0 Å². The third-order valence-corrected chi connectivity index (χ3v) is 3.42. The van der Waals surface area contributed by atoms with Gasteiger partial charge in [0.05, 0.1) is 0 Å². The summed E-state index contributed by atoms with van der Waals surface area (Å²) in [5.74, 6) is 0.103. The molecule has 0 bridgehead atoms. The van der Waals surface area contributed by atoms with Crippen LogP contribution in [0, 0.1) is 13.8 Å². The summed E-state index contributed by atoms with van der Waals surface area (Å²) in [6.45, 7) is 3.96. The molecule has 0 saturated carbocycles. The third-order valence-electron chi connectivity index (χ3n) is 2.91. The number of rotatable bonds is 2. The summed E-state index contributed by atoms with van der Waals surface area (Å²) < 4.78 is 0. The minimum atomic E-state index is 0. The zero-order valence-electron chi connectivity index (χ0n) is 12.0. The molecule has 0 aliphatic carbocycles. The van der Waals surface area contributed by atoms with Gasteiger partial charge in [-0.15, -0.1) is 9.24 Å². The van der Waals surface area contributed by atoms with Crippen molar-refractivity contribution in [3.05, 3.63) is 64.7 Å². The van der Waals surface area contributed by atoms with Gasteiger partial charge in [-0.25, -0.2) is 0 Å². The van der Waals surface area contributed by atoms with Crippen molar-refractivity contribution in [3.63, 3.8) is 0 Å². The van der Waals surface area contributed by atoms with Gasteiger partial charge in [-0.3, -0.25) is 4.79 Å². The summed E-state index contributed by atoms with van der Waals surface area (Å²) in [4.78, 5) is 12.5. The maximum absolute atomic E-state index is 12.5. The van der Waals surface area contributed by atoms with Crippen LogP contribution in [0.3, 0.4) is 0 Å². The molecule has 3 heteroatoms. The quantitative estimate of drug-likeness (QED) is 0.421. The zero-order valence-corrected chi connectivity index (χ0v) is 12.2. The molecule has 0 saturated heterocycles. The first-order valence-corrected chi connectivity index (χ1v) is 6.14. The summed E-state index contributed by atoms with van der Waals surface area (Å²) >= 11 is 0. The fourth-order valence-electron chi connectivity index (χ4n) is 2.01. The van der Waals surface area contributed by atoms with E-state index in [4.69, 9.17) is 0 Å². The standard InChI is InChI=1S/C15H15OP.Li.H/c1-10-6-5-7-11(2)14(10)15(16)12-8-3-4-9-13(12)17;;/h3-9H,17H2,1-2H3;;/q;+1;-1. The van der Waals surface area contributed by atoms with Gasteiger partial charge in [0.2, 0.25) is 0 Å². The van der Waals surface area contributed by atoms with Crippen molar-refractivity contribution in [2.45, 2.75) is 13.8 Å². The second-order valence-electron chi connectivity index (χ2n) is 4.18. The van der Waals surface area contributed by atoms with E-state index in [1.54, 1.807) is 0 Å². The molecule has 2 rings (SSSR count). The molecule has 0 aromatic heterocycles. The Labute approximate surface area is 124 Å². The Morgan fingerprint density at radius 3 is 2.11 bits per heavy atom. The van der Waals surface area contributed by atoms with Crippen molar-refractivity contribution in [2.24, 2.45) is 0 Å². The van der Waals surface area contributed by atoms with Crippen molar-refractivity contribution in [2.75, 3.05) is 0 Å². The van der Waals surface area contributed by atoms with Gasteiger partial charge in [0.1, 0.15) is 0 Å². The van der Waals surface area contributed by atoms with Gasteiger partial charge >= 0.3 is 18.9 Å². The molecule has 0 amide bonds. The van der Waals surface area contributed by atoms with E-state index in [0.717, 1.165) is 27.6 Å². The molecule has 0 aliphatic heterocycles. The first-order valence-electron chi connectivity index (χ1n) is 5.56. The Hall–Kier alpha value is -0.863. The topological polar surface area (TPSA) is 17.1 Å². The molecule has 2 aromatic rings. The van der Waals surface area contributed by atoms with Crippen molar-refractivity contribution >= 4 is 20.3 Å². The second kappa shape index (κ2) is 6.35. The fraction of sp³-hybridized carbons (Fsp3) is 0.133. The average Bonchev–Trinajstić information content (AvgIpc) is 2.29. The molecule has 18 heavy (non-hydrogen) atoms. The molecule has 0 heterocycles. The molecule has 0 aliphatic rings. The molecular formula is C15H16LiOP. The summed E-state index contributed by atoms with van der Waals surface area (Å²) in [6, 6.07) is 13.6. The predicted octanol–water partition coefficient (Wildman–Crippen LogP) is 0.151. The summed E-state index contributed by atoms with van der Waals surface area (Å²) in [6.07, 6.45) is 0. The van der Waals surface area contributed by atoms with E-state index in [0.29, 0.717) is 0 Å². The number of aryl methyl sites for hydroxylation is 2. The maximum Gasteiger partial charge on any atom is 1.00 e. The van der Waals surface area contributed by atoms with E-state index in [2.05, 4.69) is 9.24 Å². The van der Waals surface area contributed by atoms with Crippen LogP contribution in [0.25, 0.3) is 0 Å². The smallest absolute Gasteiger partial charge is 1.00 e. The normalized spacial score (nSPS) is 9.72. The van der Waals surface area contributed by atoms with E-state index in [-0.39, 0.29) is 26.1 Å². The molecule has 0 fully saturated rings. The van der Waals surface area contributed by atoms with Crippen molar-refractivity contribution in [1.82, 2.24) is 0 Å². The van der Waals surface area contributed by atoms with Gasteiger partial charge in [-0.2, -0.15) is 0 Å². The van der Waals surface area contributed by atoms with Crippen LogP contribution >= 0.6 is 9.24 Å². The summed E-state index contributed by atoms with van der Waals surface area (Å²) in [7, 11) is 2.62. The second-order valence-corrected chi connectivity index (χ2v) is 4.81. The van der Waals surface area contributed by atoms with Gasteiger partial charge in [0.15, 0.2) is 5.78 Å². The Morgan fingerprint density at radius 2 is 1.56 bits per heavy atom. The minimum Gasteiger partial charge on any atom is -1.00 e. The minimum absolute atomic E-state index is 0. The van der Waals surface area contributed by atoms with Crippen LogP contribution in [0.1, 0.15) is 28.5 Å². The SMILES string of the molecule is Cc1cccc(C)c1C(=O)c1ccccc1P.[H-].[Li+]. The predicted molar refractivity (Wildman–Crippen MR) is 76.2 cm³/mol. The first kappa shape index (κ1) is 15.2. The van der Waals surface area contributed by atoms with E-state index < -0.39 is 0 Å². The monoisotopic (exact) mass is 250 g/mol. The van der Waals surface area contributed by atoms with Gasteiger partial charge < -0.3 is 1.43 Å². The number of hydrogen-bond donors (Lipinski definition) is 0. The molecule has 2 aromatic carbocycles. The van der Waals surface area contributed by atoms with Crippen LogP contribution in [0.4, 0.5) is 0 Å². The molecule has 0 radical (unpaired) electrons. The average molecular weight is 250 g/mol. The molecule has 1 atom stereocenters. The van der Waals surface area contributed by atoms with Crippen LogP contribution in [-0.4, -0.2) is 5.78 Å². The largest absolute Gasteiger partial charge is 1.00 e. The van der Waals surface area contributed by atoms with E-state index in [9.17, 15) is 4.79 Å². The molecule has 1 nitrogen and oxygen atoms in total. The number of carbonyl (C=O) groups excluding carboxylic acids is 1. The van der Waals surface area contributed by atoms with Crippen LogP contribution in [-0.2, 0) is 0 Å². The Balaban J connectivity index is 0.00000162. The molecule has 88 valence electrons. The number of benzene rings is 2. The molecule has 0 spiro atoms. The van der Waals surface area contributed by atoms with E-state index >= 15 is 0 Å². The first-order chi connectivity index (χ1) is 8.11. The Kier molecular flexibility index (Phi) is 5.36. The van der Waals surface area contributed by atoms with Crippen molar-refractivity contribution in [1.29, 1.82) is 0 Å². The summed E-state index contributed by atoms with van der Waals surface area (Å²) in [5, 5.41) is 0.945. The van der Waals surface area contributed by atoms with Gasteiger partial charge in [0, 0.05) is 11.1 Å². The molecule has 1 unspecified atom stereocenters. The third kappa shape index (κ3) is 2.93. The zero-order chi connectivity index (χ0) is 12.4. The van der Waals surface area contributed by atoms with Crippen molar-refractivity contribution in [3.8, 4) is 0 Å². The number of ketones is 1. The van der Waals surface area contributed by atoms with Crippen LogP contribution < -0.4 is 24.2 Å². The van der Waals surface area contributed by atoms with Gasteiger partial charge in [0.25, 0.3) is 0 Å². The van der Waals surface area contributed by atoms with Crippen LogP contribution in [0.15, 0.2) is 42.5 Å². The Bertz CT molecular complexity index is 564. The number of hydrogen-bond acceptors (Lipinski definition) is 1. The molecule has 0 N–H and O–H groups in total. The van der Waals surface area contributed by atoms with Crippen LogP contribution in [0.5, 0.6) is 0 Å². The van der Waals surface area contributed by atoms with Crippen molar-refractivity contribution < 1.29 is 25.1 Å². The number of carbonyl (C=O) groups is 1. The maximum atomic E-state index is 12.5. The van der Waals surface area contributed by atoms with Gasteiger partial charge in [-0.1, -0.05) is 42.5 Å². The van der Waals surface area contributed by atoms with E-state index in [1.807, 2.05) is 56.3 Å². The van der Waals surface area contributed by atoms with E-state index in [1.165, 1.54) is 0 Å². The summed E-state index contributed by atoms with van der Waals surface area (Å²) in [5.41, 5.74) is 3.64. The Morgan fingerprint density at radius 1 is 1.00 bits per heavy atom. The fourth-order valence-corrected chi connectivity index (χ4v) is 2.35.